The first kappa shape index (κ1) is 86.3. The molecule has 11 heteroatoms. The molecule has 0 aliphatic carbocycles. The molecule has 6 rings (SSSR count). The van der Waals surface area contributed by atoms with Gasteiger partial charge in [0.05, 0.1) is 29.5 Å². The molecule has 1 unspecified atom stereocenters. The van der Waals surface area contributed by atoms with Crippen molar-refractivity contribution in [2.45, 2.75) is 406 Å². The number of primary amides is 2. The molecule has 576 valence electrons. The number of ether oxygens (including phenoxy) is 2. The number of nitrogens with zero attached hydrogens (tertiary/aromatic N) is 1. The molecule has 1 aromatic heterocycles. The van der Waals surface area contributed by atoms with Crippen molar-refractivity contribution in [2.24, 2.45) is 17.4 Å². The van der Waals surface area contributed by atoms with Gasteiger partial charge >= 0.3 is 11.9 Å². The van der Waals surface area contributed by atoms with Crippen molar-refractivity contribution in [2.75, 3.05) is 13.2 Å². The van der Waals surface area contributed by atoms with Crippen molar-refractivity contribution >= 4 is 77.6 Å². The molecule has 6 aromatic rings. The van der Waals surface area contributed by atoms with Crippen LogP contribution in [-0.2, 0) is 25.6 Å². The quantitative estimate of drug-likeness (QED) is 0.0164. The highest BCUT2D eigenvalue weighted by Gasteiger charge is 2.30. The first-order valence-corrected chi connectivity index (χ1v) is 43.5. The van der Waals surface area contributed by atoms with E-state index in [1.54, 1.807) is 6.07 Å². The zero-order valence-corrected chi connectivity index (χ0v) is 65.6. The predicted molar refractivity (Wildman–Crippen MR) is 438 cm³/mol. The van der Waals surface area contributed by atoms with Crippen LogP contribution in [0.15, 0.2) is 58.1 Å². The maximum Gasteiger partial charge on any atom is 0.305 e. The topological polar surface area (TPSA) is 178 Å². The van der Waals surface area contributed by atoms with Crippen LogP contribution in [0.4, 0.5) is 0 Å². The van der Waals surface area contributed by atoms with E-state index in [0.717, 1.165) is 123 Å². The monoisotopic (exact) mass is 1420 g/mol. The fourth-order valence-electron chi connectivity index (χ4n) is 16.7. The number of hydrogen-bond acceptors (Lipinski definition) is 8. The van der Waals surface area contributed by atoms with Gasteiger partial charge in [0, 0.05) is 35.7 Å². The number of unbranched alkanes of at least 4 members (excludes halogenated alkanes) is 50. The molecule has 1 atom stereocenters. The standard InChI is InChI=1S/C92H145N3O8/c1-3-5-7-9-11-13-15-17-19-21-23-25-27-29-31-33-38-42-46-56-72-102-80(96)67-53-45-41-37-35-36-40-44-50-60-74(61-51-48-54-68-81(97)103-73-57-47-43-39-34-32-30-28-26-24-22-20-18-16-14-12-10-8-6-4-2)62-52-49-55-71-95-91(100)87-84-78-66-59-64-75-63-58-65-76(82(75)78)77-69-70-79(89(93)98)85(83(77)84)86(90(94)99)88(87)92(95)101/h58-59,63-66,69-70,74H,3-57,60-62,67-68,71-73H2,1-2H3,(H2,93,98)(H2,94,99). The third-order valence-corrected chi connectivity index (χ3v) is 22.9. The number of rotatable bonds is 68. The van der Waals surface area contributed by atoms with Gasteiger partial charge in [0.25, 0.3) is 11.1 Å². The molecule has 0 spiro atoms. The molecule has 0 saturated carbocycles. The SMILES string of the molecule is CCCCCCCCCCCCCCCCCCCCCCOC(=O)CCCCCCCCCCCC(CCCCCC(=O)OCCCCCCCCCCCCCCCCCCCCCC)CCCCCn1c(=O)c2c(C(N)=O)c3c(C(N)=O)ccc4c5cccc6cccc(c65)c(c2c1=O)c34. The maximum atomic E-state index is 14.8. The average molecular weight is 1420 g/mol. The van der Waals surface area contributed by atoms with Gasteiger partial charge in [-0.25, -0.2) is 0 Å². The summed E-state index contributed by atoms with van der Waals surface area (Å²) in [6.45, 7) is 5.88. The Labute approximate surface area is 624 Å². The van der Waals surface area contributed by atoms with Crippen LogP contribution in [0.2, 0.25) is 0 Å². The molecule has 0 bridgehead atoms. The van der Waals surface area contributed by atoms with Crippen LogP contribution in [-0.4, -0.2) is 41.5 Å². The summed E-state index contributed by atoms with van der Waals surface area (Å²) in [4.78, 5) is 81.3. The number of carbonyl (C=O) groups excluding carboxylic acids is 4. The molecule has 0 fully saturated rings. The zero-order valence-electron chi connectivity index (χ0n) is 65.6. The van der Waals surface area contributed by atoms with Crippen LogP contribution in [0.5, 0.6) is 0 Å². The summed E-state index contributed by atoms with van der Waals surface area (Å²) in [6, 6.07) is 15.3. The van der Waals surface area contributed by atoms with Crippen LogP contribution in [0.3, 0.4) is 0 Å². The lowest BCUT2D eigenvalue weighted by Crippen LogP contribution is -2.26. The van der Waals surface area contributed by atoms with E-state index >= 15 is 0 Å². The predicted octanol–water partition coefficient (Wildman–Crippen LogP) is 26.2. The first-order chi connectivity index (χ1) is 50.6. The highest BCUT2D eigenvalue weighted by atomic mass is 16.5. The molecule has 0 saturated heterocycles. The van der Waals surface area contributed by atoms with Crippen LogP contribution in [0, 0.1) is 5.92 Å². The van der Waals surface area contributed by atoms with Gasteiger partial charge in [0.1, 0.15) is 0 Å². The van der Waals surface area contributed by atoms with Gasteiger partial charge in [0.2, 0.25) is 11.8 Å². The van der Waals surface area contributed by atoms with Gasteiger partial charge in [-0.15, -0.1) is 0 Å². The Balaban J connectivity index is 0.852. The van der Waals surface area contributed by atoms with E-state index in [1.807, 2.05) is 42.5 Å². The van der Waals surface area contributed by atoms with Crippen LogP contribution in [0.25, 0.3) is 53.9 Å². The van der Waals surface area contributed by atoms with Gasteiger partial charge in [-0.1, -0.05) is 397 Å². The van der Waals surface area contributed by atoms with E-state index in [2.05, 4.69) is 13.8 Å². The summed E-state index contributed by atoms with van der Waals surface area (Å²) in [5, 5.41) is 5.72. The third kappa shape index (κ3) is 32.2. The Bertz CT molecular complexity index is 3380. The van der Waals surface area contributed by atoms with Crippen molar-refractivity contribution in [1.82, 2.24) is 4.57 Å². The molecule has 2 amide bonds. The van der Waals surface area contributed by atoms with Gasteiger partial charge in [-0.2, -0.15) is 0 Å². The van der Waals surface area contributed by atoms with E-state index in [0.29, 0.717) is 49.2 Å². The molecule has 103 heavy (non-hydrogen) atoms. The van der Waals surface area contributed by atoms with E-state index in [-0.39, 0.29) is 45.8 Å². The number of benzene rings is 5. The van der Waals surface area contributed by atoms with E-state index < -0.39 is 22.9 Å². The number of fused-ring (bicyclic) bond motifs is 4. The summed E-state index contributed by atoms with van der Waals surface area (Å²) < 4.78 is 12.5. The lowest BCUT2D eigenvalue weighted by Gasteiger charge is -2.18. The fraction of sp³-hybridized carbons (Fsp3) is 0.717. The molecule has 0 aliphatic rings. The first-order valence-electron chi connectivity index (χ1n) is 43.5. The number of nitrogens with two attached hydrogens (primary N) is 2. The van der Waals surface area contributed by atoms with Crippen molar-refractivity contribution in [3.63, 3.8) is 0 Å². The minimum absolute atomic E-state index is 0.0319. The Hall–Kier alpha value is -5.58. The van der Waals surface area contributed by atoms with E-state index in [1.165, 1.54) is 274 Å². The lowest BCUT2D eigenvalue weighted by molar-refractivity contribution is -0.144. The lowest BCUT2D eigenvalue weighted by atomic mass is 9.84. The second kappa shape index (κ2) is 54.1. The second-order valence-electron chi connectivity index (χ2n) is 31.5. The minimum atomic E-state index is -0.891. The Morgan fingerprint density at radius 1 is 0.320 bits per heavy atom. The van der Waals surface area contributed by atoms with E-state index in [9.17, 15) is 28.8 Å². The maximum absolute atomic E-state index is 14.8. The minimum Gasteiger partial charge on any atom is -0.466 e. The van der Waals surface area contributed by atoms with Gasteiger partial charge in [-0.05, 0) is 76.4 Å². The number of aromatic nitrogens is 1. The van der Waals surface area contributed by atoms with Crippen molar-refractivity contribution in [1.29, 1.82) is 0 Å². The van der Waals surface area contributed by atoms with Gasteiger partial charge < -0.3 is 20.9 Å². The van der Waals surface area contributed by atoms with Crippen molar-refractivity contribution in [3.05, 3.63) is 80.4 Å². The molecule has 0 radical (unpaired) electrons. The molecular formula is C92H145N3O8. The summed E-state index contributed by atoms with van der Waals surface area (Å²) in [5.74, 6) is -1.20. The highest BCUT2D eigenvalue weighted by Crippen LogP contribution is 2.45. The molecule has 4 N–H and O–H groups in total. The number of amides is 2. The molecule has 0 aliphatic heterocycles. The van der Waals surface area contributed by atoms with Crippen molar-refractivity contribution < 1.29 is 28.7 Å². The molecule has 11 nitrogen and oxygen atoms in total. The highest BCUT2D eigenvalue weighted by molar-refractivity contribution is 6.42. The van der Waals surface area contributed by atoms with Gasteiger partial charge in [-0.3, -0.25) is 33.3 Å². The number of hydrogen-bond donors (Lipinski definition) is 2. The normalized spacial score (nSPS) is 12.2. The Morgan fingerprint density at radius 2 is 0.641 bits per heavy atom. The third-order valence-electron chi connectivity index (χ3n) is 22.9. The van der Waals surface area contributed by atoms with Crippen molar-refractivity contribution in [3.8, 4) is 0 Å². The van der Waals surface area contributed by atoms with Crippen LogP contribution < -0.4 is 22.6 Å². The fourth-order valence-corrected chi connectivity index (χ4v) is 16.7. The summed E-state index contributed by atoms with van der Waals surface area (Å²) in [7, 11) is 0. The van der Waals surface area contributed by atoms with Crippen LogP contribution in [0.1, 0.15) is 420 Å². The molecule has 5 aromatic carbocycles. The van der Waals surface area contributed by atoms with E-state index in [4.69, 9.17) is 20.9 Å². The average Bonchev–Trinajstić information content (AvgIpc) is 1.67. The van der Waals surface area contributed by atoms with Gasteiger partial charge in [0.15, 0.2) is 0 Å². The molecular weight excluding hydrogens is 1280 g/mol. The molecule has 1 heterocycles. The zero-order chi connectivity index (χ0) is 73.2. The summed E-state index contributed by atoms with van der Waals surface area (Å²) >= 11 is 0. The summed E-state index contributed by atoms with van der Waals surface area (Å²) in [6.07, 6.45) is 74.3. The number of carbonyl (C=O) groups is 4. The largest absolute Gasteiger partial charge is 0.466 e. The number of esters is 2. The smallest absolute Gasteiger partial charge is 0.305 e. The van der Waals surface area contributed by atoms with Crippen LogP contribution >= 0.6 is 0 Å². The second-order valence-corrected chi connectivity index (χ2v) is 31.5. The Morgan fingerprint density at radius 3 is 1.03 bits per heavy atom. The summed E-state index contributed by atoms with van der Waals surface area (Å²) in [5.41, 5.74) is 11.0. The Kier molecular flexibility index (Phi) is 45.3.